The predicted octanol–water partition coefficient (Wildman–Crippen LogP) is 4.24. The van der Waals surface area contributed by atoms with E-state index in [1.165, 1.54) is 12.1 Å². The third-order valence-electron chi connectivity index (χ3n) is 3.24. The molecule has 0 aliphatic carbocycles. The van der Waals surface area contributed by atoms with E-state index in [4.69, 9.17) is 27.2 Å². The average Bonchev–Trinajstić information content (AvgIpc) is 2.45. The van der Waals surface area contributed by atoms with Crippen LogP contribution >= 0.6 is 11.6 Å². The molecule has 6 heteroatoms. The lowest BCUT2D eigenvalue weighted by Crippen LogP contribution is -2.24. The summed E-state index contributed by atoms with van der Waals surface area (Å²) < 4.78 is 5.35. The highest BCUT2D eigenvalue weighted by Crippen LogP contribution is 2.32. The van der Waals surface area contributed by atoms with Crippen LogP contribution in [0.1, 0.15) is 41.5 Å². The Labute approximate surface area is 145 Å². The van der Waals surface area contributed by atoms with Crippen LogP contribution in [-0.4, -0.2) is 22.6 Å². The topological polar surface area (TPSA) is 89.6 Å². The molecule has 0 aliphatic rings. The van der Waals surface area contributed by atoms with Crippen molar-refractivity contribution < 1.29 is 19.4 Å². The molecule has 2 aromatic rings. The number of aromatic carboxylic acids is 1. The van der Waals surface area contributed by atoms with Gasteiger partial charge in [0.2, 0.25) is 0 Å². The van der Waals surface area contributed by atoms with Crippen molar-refractivity contribution >= 4 is 29.2 Å². The van der Waals surface area contributed by atoms with Gasteiger partial charge in [-0.1, -0.05) is 29.8 Å². The lowest BCUT2D eigenvalue weighted by atomic mass is 9.99. The summed E-state index contributed by atoms with van der Waals surface area (Å²) in [6, 6.07) is 9.51. The first kappa shape index (κ1) is 17.8. The van der Waals surface area contributed by atoms with Crippen LogP contribution in [0, 0.1) is 0 Å². The monoisotopic (exact) mass is 347 g/mol. The van der Waals surface area contributed by atoms with Crippen molar-refractivity contribution in [3.05, 3.63) is 52.5 Å². The number of nitrogen functional groups attached to an aromatic ring is 1. The van der Waals surface area contributed by atoms with Gasteiger partial charge in [-0.25, -0.2) is 9.59 Å². The minimum atomic E-state index is -1.11. The Bertz CT molecular complexity index is 809. The van der Waals surface area contributed by atoms with Crippen LogP contribution in [0.2, 0.25) is 5.02 Å². The molecule has 126 valence electrons. The van der Waals surface area contributed by atoms with Gasteiger partial charge < -0.3 is 15.6 Å². The van der Waals surface area contributed by atoms with Crippen LogP contribution in [0.4, 0.5) is 5.69 Å². The molecule has 2 aromatic carbocycles. The first-order chi connectivity index (χ1) is 11.1. The van der Waals surface area contributed by atoms with Crippen molar-refractivity contribution in [3.63, 3.8) is 0 Å². The fourth-order valence-electron chi connectivity index (χ4n) is 2.18. The van der Waals surface area contributed by atoms with Crippen molar-refractivity contribution in [2.24, 2.45) is 0 Å². The summed E-state index contributed by atoms with van der Waals surface area (Å²) in [5, 5.41) is 9.14. The highest BCUT2D eigenvalue weighted by Gasteiger charge is 2.21. The van der Waals surface area contributed by atoms with Gasteiger partial charge in [0, 0.05) is 5.56 Å². The molecule has 2 rings (SSSR count). The molecule has 0 aliphatic heterocycles. The molecule has 3 N–H and O–H groups in total. The first-order valence-corrected chi connectivity index (χ1v) is 7.63. The summed E-state index contributed by atoms with van der Waals surface area (Å²) >= 11 is 6.00. The zero-order chi connectivity index (χ0) is 18.1. The summed E-state index contributed by atoms with van der Waals surface area (Å²) in [6.07, 6.45) is 0. The molecule has 0 saturated heterocycles. The molecule has 0 unspecified atom stereocenters. The van der Waals surface area contributed by atoms with Gasteiger partial charge in [-0.3, -0.25) is 0 Å². The smallest absolute Gasteiger partial charge is 0.340 e. The summed E-state index contributed by atoms with van der Waals surface area (Å²) in [6.45, 7) is 5.32. The van der Waals surface area contributed by atoms with Gasteiger partial charge in [-0.2, -0.15) is 0 Å². The SMILES string of the molecule is CC(C)(C)OC(=O)c1cccc(-c2ccc(C(=O)O)c(Cl)c2)c1N. The van der Waals surface area contributed by atoms with E-state index < -0.39 is 17.5 Å². The number of anilines is 1. The second-order valence-electron chi connectivity index (χ2n) is 6.27. The molecule has 0 amide bonds. The number of nitrogens with two attached hydrogens (primary N) is 1. The Balaban J connectivity index is 2.46. The van der Waals surface area contributed by atoms with Crippen molar-refractivity contribution in [3.8, 4) is 11.1 Å². The number of ether oxygens (including phenoxy) is 1. The Morgan fingerprint density at radius 2 is 1.79 bits per heavy atom. The summed E-state index contributed by atoms with van der Waals surface area (Å²) in [5.41, 5.74) is 7.20. The maximum atomic E-state index is 12.3. The van der Waals surface area contributed by atoms with Gasteiger partial charge in [-0.15, -0.1) is 0 Å². The van der Waals surface area contributed by atoms with Gasteiger partial charge >= 0.3 is 11.9 Å². The summed E-state index contributed by atoms with van der Waals surface area (Å²) in [7, 11) is 0. The Morgan fingerprint density at radius 3 is 2.33 bits per heavy atom. The van der Waals surface area contributed by atoms with Gasteiger partial charge in [-0.05, 0) is 44.5 Å². The van der Waals surface area contributed by atoms with E-state index in [9.17, 15) is 9.59 Å². The lowest BCUT2D eigenvalue weighted by molar-refractivity contribution is 0.00706. The number of carbonyl (C=O) groups is 2. The van der Waals surface area contributed by atoms with Gasteiger partial charge in [0.1, 0.15) is 5.60 Å². The van der Waals surface area contributed by atoms with E-state index in [2.05, 4.69) is 0 Å². The number of carboxylic acid groups (broad SMARTS) is 1. The molecule has 24 heavy (non-hydrogen) atoms. The largest absolute Gasteiger partial charge is 0.478 e. The molecule has 0 atom stereocenters. The second kappa shape index (κ2) is 6.53. The predicted molar refractivity (Wildman–Crippen MR) is 93.4 cm³/mol. The third kappa shape index (κ3) is 3.86. The number of halogens is 1. The average molecular weight is 348 g/mol. The van der Waals surface area contributed by atoms with Crippen molar-refractivity contribution in [1.82, 2.24) is 0 Å². The van der Waals surface area contributed by atoms with Crippen LogP contribution in [0.25, 0.3) is 11.1 Å². The first-order valence-electron chi connectivity index (χ1n) is 7.25. The number of rotatable bonds is 3. The maximum Gasteiger partial charge on any atom is 0.340 e. The molecule has 0 fully saturated rings. The van der Waals surface area contributed by atoms with Gasteiger partial charge in [0.15, 0.2) is 0 Å². The zero-order valence-corrected chi connectivity index (χ0v) is 14.3. The normalized spacial score (nSPS) is 11.2. The van der Waals surface area contributed by atoms with Crippen LogP contribution in [0.15, 0.2) is 36.4 Å². The van der Waals surface area contributed by atoms with Crippen LogP contribution in [-0.2, 0) is 4.74 Å². The van der Waals surface area contributed by atoms with E-state index >= 15 is 0 Å². The third-order valence-corrected chi connectivity index (χ3v) is 3.55. The summed E-state index contributed by atoms with van der Waals surface area (Å²) in [5.74, 6) is -1.63. The number of esters is 1. The van der Waals surface area contributed by atoms with Crippen LogP contribution in [0.3, 0.4) is 0 Å². The van der Waals surface area contributed by atoms with Crippen molar-refractivity contribution in [2.45, 2.75) is 26.4 Å². The molecule has 0 radical (unpaired) electrons. The minimum Gasteiger partial charge on any atom is -0.478 e. The molecule has 0 bridgehead atoms. The Hall–Kier alpha value is -2.53. The molecule has 5 nitrogen and oxygen atoms in total. The van der Waals surface area contributed by atoms with Crippen molar-refractivity contribution in [2.75, 3.05) is 5.73 Å². The van der Waals surface area contributed by atoms with E-state index in [-0.39, 0.29) is 21.8 Å². The summed E-state index contributed by atoms with van der Waals surface area (Å²) in [4.78, 5) is 23.3. The van der Waals surface area contributed by atoms with E-state index in [1.54, 1.807) is 45.0 Å². The van der Waals surface area contributed by atoms with E-state index in [0.717, 1.165) is 0 Å². The lowest BCUT2D eigenvalue weighted by Gasteiger charge is -2.20. The number of benzene rings is 2. The molecule has 0 saturated carbocycles. The number of carboxylic acids is 1. The fourth-order valence-corrected chi connectivity index (χ4v) is 2.45. The Kier molecular flexibility index (Phi) is 4.85. The number of hydrogen-bond donors (Lipinski definition) is 2. The second-order valence-corrected chi connectivity index (χ2v) is 6.68. The molecule has 0 heterocycles. The highest BCUT2D eigenvalue weighted by molar-refractivity contribution is 6.33. The van der Waals surface area contributed by atoms with Crippen LogP contribution in [0.5, 0.6) is 0 Å². The highest BCUT2D eigenvalue weighted by atomic mass is 35.5. The van der Waals surface area contributed by atoms with Crippen LogP contribution < -0.4 is 5.73 Å². The molecular weight excluding hydrogens is 330 g/mol. The van der Waals surface area contributed by atoms with Gasteiger partial charge in [0.05, 0.1) is 21.8 Å². The molecule has 0 spiro atoms. The quantitative estimate of drug-likeness (QED) is 0.640. The molecule has 0 aromatic heterocycles. The minimum absolute atomic E-state index is 0.00212. The number of para-hydroxylation sites is 1. The standard InChI is InChI=1S/C18H18ClNO4/c1-18(2,3)24-17(23)13-6-4-5-11(15(13)20)10-7-8-12(16(21)22)14(19)9-10/h4-9H,20H2,1-3H3,(H,21,22). The van der Waals surface area contributed by atoms with E-state index in [0.29, 0.717) is 11.1 Å². The molecular formula is C18H18ClNO4. The fraction of sp³-hybridized carbons (Fsp3) is 0.222. The van der Waals surface area contributed by atoms with Crippen molar-refractivity contribution in [1.29, 1.82) is 0 Å². The number of carbonyl (C=O) groups excluding carboxylic acids is 1. The Morgan fingerprint density at radius 1 is 1.12 bits per heavy atom. The maximum absolute atomic E-state index is 12.3. The van der Waals surface area contributed by atoms with Gasteiger partial charge in [0.25, 0.3) is 0 Å². The zero-order valence-electron chi connectivity index (χ0n) is 13.6. The van der Waals surface area contributed by atoms with E-state index in [1.807, 2.05) is 0 Å². The number of hydrogen-bond acceptors (Lipinski definition) is 4.